The molecule has 1 aromatic carbocycles. The number of hydrogen-bond donors (Lipinski definition) is 1. The molecule has 1 unspecified atom stereocenters. The topological polar surface area (TPSA) is 66.5 Å². The lowest BCUT2D eigenvalue weighted by atomic mass is 10.1. The van der Waals surface area contributed by atoms with Gasteiger partial charge >= 0.3 is 0 Å². The fourth-order valence-corrected chi connectivity index (χ4v) is 3.79. The third-order valence-electron chi connectivity index (χ3n) is 4.77. The van der Waals surface area contributed by atoms with E-state index < -0.39 is 26.2 Å². The predicted molar refractivity (Wildman–Crippen MR) is 101 cm³/mol. The molecule has 1 N–H and O–H groups in total. The first-order valence-corrected chi connectivity index (χ1v) is 10.6. The molecule has 1 aliphatic rings. The molecule has 1 atom stereocenters. The molecule has 0 aliphatic carbocycles. The molecule has 0 bridgehead atoms. The Labute approximate surface area is 151 Å². The number of hydrogen-bond acceptors (Lipinski definition) is 4. The first-order valence-electron chi connectivity index (χ1n) is 8.93. The highest BCUT2D eigenvalue weighted by atomic mass is 32.2. The summed E-state index contributed by atoms with van der Waals surface area (Å²) in [5, 5.41) is 2.80. The summed E-state index contributed by atoms with van der Waals surface area (Å²) in [7, 11) is -3.42. The van der Waals surface area contributed by atoms with Gasteiger partial charge in [0.15, 0.2) is 9.84 Å². The van der Waals surface area contributed by atoms with Gasteiger partial charge in [-0.2, -0.15) is 0 Å². The quantitative estimate of drug-likeness (QED) is 0.800. The number of sulfone groups is 1. The second-order valence-corrected chi connectivity index (χ2v) is 10.6. The zero-order valence-electron chi connectivity index (χ0n) is 15.5. The van der Waals surface area contributed by atoms with Gasteiger partial charge in [0.2, 0.25) is 5.91 Å². The Morgan fingerprint density at radius 3 is 2.56 bits per heavy atom. The van der Waals surface area contributed by atoms with Crippen molar-refractivity contribution >= 4 is 15.7 Å². The number of carbonyl (C=O) groups is 1. The smallest absolute Gasteiger partial charge is 0.235 e. The fraction of sp³-hybridized carbons (Fsp3) is 0.632. The highest BCUT2D eigenvalue weighted by molar-refractivity contribution is 7.93. The summed E-state index contributed by atoms with van der Waals surface area (Å²) in [6.07, 6.45) is 2.07. The van der Waals surface area contributed by atoms with E-state index in [0.29, 0.717) is 12.5 Å². The van der Waals surface area contributed by atoms with Gasteiger partial charge in [0, 0.05) is 19.6 Å². The molecule has 1 fully saturated rings. The first-order chi connectivity index (χ1) is 11.7. The highest BCUT2D eigenvalue weighted by Gasteiger charge is 2.31. The number of benzene rings is 1. The number of rotatable bonds is 7. The second-order valence-electron chi connectivity index (χ2n) is 7.87. The standard InChI is InChI=1S/C19H30N2O3S/c1-19(2,3)25(23,24)15-18(22)20-13-17-10-12-21(14-17)11-9-16-7-5-4-6-8-16/h4-8,17H,9-15H2,1-3H3,(H,20,22). The molecule has 0 radical (unpaired) electrons. The fourth-order valence-electron chi connectivity index (χ4n) is 2.91. The van der Waals surface area contributed by atoms with Gasteiger partial charge in [-0.15, -0.1) is 0 Å². The van der Waals surface area contributed by atoms with Crippen LogP contribution in [0.2, 0.25) is 0 Å². The Bertz CT molecular complexity index is 666. The predicted octanol–water partition coefficient (Wildman–Crippen LogP) is 1.88. The molecule has 1 saturated heterocycles. The normalized spacial score (nSPS) is 19.1. The molecule has 5 nitrogen and oxygen atoms in total. The maximum Gasteiger partial charge on any atom is 0.235 e. The van der Waals surface area contributed by atoms with Gasteiger partial charge in [0.25, 0.3) is 0 Å². The average Bonchev–Trinajstić information content (AvgIpc) is 2.98. The third-order valence-corrected chi connectivity index (χ3v) is 7.28. The molecular weight excluding hydrogens is 336 g/mol. The van der Waals surface area contributed by atoms with Crippen molar-refractivity contribution in [3.63, 3.8) is 0 Å². The van der Waals surface area contributed by atoms with Crippen LogP contribution in [-0.4, -0.2) is 55.9 Å². The number of carbonyl (C=O) groups excluding carboxylic acids is 1. The molecule has 6 heteroatoms. The van der Waals surface area contributed by atoms with Crippen LogP contribution in [0.3, 0.4) is 0 Å². The minimum absolute atomic E-state index is 0.391. The molecule has 1 aromatic rings. The summed E-state index contributed by atoms with van der Waals surface area (Å²) in [6.45, 7) is 8.44. The van der Waals surface area contributed by atoms with E-state index in [2.05, 4.69) is 34.5 Å². The van der Waals surface area contributed by atoms with Gasteiger partial charge in [-0.3, -0.25) is 4.79 Å². The van der Waals surface area contributed by atoms with Gasteiger partial charge in [0.05, 0.1) is 4.75 Å². The maximum absolute atomic E-state index is 12.1. The lowest BCUT2D eigenvalue weighted by Crippen LogP contribution is -2.40. The monoisotopic (exact) mass is 366 g/mol. The van der Waals surface area contributed by atoms with Crippen LogP contribution in [0.25, 0.3) is 0 Å². The van der Waals surface area contributed by atoms with Crippen LogP contribution in [-0.2, 0) is 21.1 Å². The van der Waals surface area contributed by atoms with Crippen LogP contribution < -0.4 is 5.32 Å². The van der Waals surface area contributed by atoms with Crippen molar-refractivity contribution in [1.82, 2.24) is 10.2 Å². The minimum atomic E-state index is -3.42. The molecule has 1 heterocycles. The molecule has 2 rings (SSSR count). The van der Waals surface area contributed by atoms with Crippen LogP contribution in [0.15, 0.2) is 30.3 Å². The van der Waals surface area contributed by atoms with Crippen molar-refractivity contribution < 1.29 is 13.2 Å². The summed E-state index contributed by atoms with van der Waals surface area (Å²) < 4.78 is 23.2. The summed E-state index contributed by atoms with van der Waals surface area (Å²) in [5.41, 5.74) is 1.34. The van der Waals surface area contributed by atoms with Gasteiger partial charge in [-0.1, -0.05) is 30.3 Å². The lowest BCUT2D eigenvalue weighted by Gasteiger charge is -2.19. The van der Waals surface area contributed by atoms with Crippen molar-refractivity contribution in [3.8, 4) is 0 Å². The number of amides is 1. The van der Waals surface area contributed by atoms with Crippen molar-refractivity contribution in [2.24, 2.45) is 5.92 Å². The largest absolute Gasteiger partial charge is 0.355 e. The van der Waals surface area contributed by atoms with E-state index in [9.17, 15) is 13.2 Å². The van der Waals surface area contributed by atoms with Crippen molar-refractivity contribution in [1.29, 1.82) is 0 Å². The third kappa shape index (κ3) is 6.12. The van der Waals surface area contributed by atoms with Crippen LogP contribution >= 0.6 is 0 Å². The lowest BCUT2D eigenvalue weighted by molar-refractivity contribution is -0.118. The highest BCUT2D eigenvalue weighted by Crippen LogP contribution is 2.17. The number of nitrogens with one attached hydrogen (secondary N) is 1. The van der Waals surface area contributed by atoms with Gasteiger partial charge in [0.1, 0.15) is 5.75 Å². The Hall–Kier alpha value is -1.40. The molecular formula is C19H30N2O3S. The Morgan fingerprint density at radius 1 is 1.24 bits per heavy atom. The van der Waals surface area contributed by atoms with Crippen molar-refractivity contribution in [3.05, 3.63) is 35.9 Å². The molecule has 25 heavy (non-hydrogen) atoms. The molecule has 1 amide bonds. The van der Waals surface area contributed by atoms with Crippen LogP contribution in [0.5, 0.6) is 0 Å². The van der Waals surface area contributed by atoms with Gasteiger partial charge in [-0.05, 0) is 51.6 Å². The van der Waals surface area contributed by atoms with Gasteiger partial charge < -0.3 is 10.2 Å². The van der Waals surface area contributed by atoms with Crippen LogP contribution in [0.4, 0.5) is 0 Å². The molecule has 1 aliphatic heterocycles. The van der Waals surface area contributed by atoms with Crippen molar-refractivity contribution in [2.45, 2.75) is 38.4 Å². The molecule has 0 spiro atoms. The zero-order valence-corrected chi connectivity index (χ0v) is 16.3. The molecule has 140 valence electrons. The Balaban J connectivity index is 1.70. The van der Waals surface area contributed by atoms with E-state index in [1.54, 1.807) is 20.8 Å². The van der Waals surface area contributed by atoms with Crippen molar-refractivity contribution in [2.75, 3.05) is 31.9 Å². The summed E-state index contributed by atoms with van der Waals surface area (Å²) in [5.74, 6) is -0.421. The van der Waals surface area contributed by atoms with Crippen LogP contribution in [0, 0.1) is 5.92 Å². The first kappa shape index (κ1) is 19.9. The Morgan fingerprint density at radius 2 is 1.92 bits per heavy atom. The summed E-state index contributed by atoms with van der Waals surface area (Å²) in [4.78, 5) is 14.4. The SMILES string of the molecule is CC(C)(C)S(=O)(=O)CC(=O)NCC1CCN(CCc2ccccc2)C1. The maximum atomic E-state index is 12.1. The van der Waals surface area contributed by atoms with E-state index in [1.165, 1.54) is 5.56 Å². The average molecular weight is 367 g/mol. The van der Waals surface area contributed by atoms with Gasteiger partial charge in [-0.25, -0.2) is 8.42 Å². The number of nitrogens with zero attached hydrogens (tertiary/aromatic N) is 1. The van der Waals surface area contributed by atoms with E-state index in [4.69, 9.17) is 0 Å². The Kier molecular flexibility index (Phi) is 6.63. The minimum Gasteiger partial charge on any atom is -0.355 e. The van der Waals surface area contributed by atoms with E-state index in [1.807, 2.05) is 6.07 Å². The molecule has 0 aromatic heterocycles. The number of likely N-dealkylation sites (tertiary alicyclic amines) is 1. The summed E-state index contributed by atoms with van der Waals surface area (Å²) in [6, 6.07) is 10.4. The summed E-state index contributed by atoms with van der Waals surface area (Å²) >= 11 is 0. The molecule has 0 saturated carbocycles. The van der Waals surface area contributed by atoms with E-state index >= 15 is 0 Å². The van der Waals surface area contributed by atoms with E-state index in [-0.39, 0.29) is 0 Å². The van der Waals surface area contributed by atoms with E-state index in [0.717, 1.165) is 32.5 Å². The van der Waals surface area contributed by atoms with Crippen LogP contribution in [0.1, 0.15) is 32.8 Å². The second kappa shape index (κ2) is 8.32. The zero-order chi connectivity index (χ0) is 18.5.